The third kappa shape index (κ3) is 2.76. The maximum Gasteiger partial charge on any atom is 0.253 e. The van der Waals surface area contributed by atoms with Gasteiger partial charge in [0.05, 0.1) is 10.6 Å². The van der Waals surface area contributed by atoms with Crippen LogP contribution < -0.4 is 15.8 Å². The van der Waals surface area contributed by atoms with Crippen LogP contribution in [-0.4, -0.2) is 25.1 Å². The van der Waals surface area contributed by atoms with Gasteiger partial charge in [0.15, 0.2) is 0 Å². The summed E-state index contributed by atoms with van der Waals surface area (Å²) in [6, 6.07) is 5.12. The van der Waals surface area contributed by atoms with E-state index in [1.807, 2.05) is 0 Å². The Balaban J connectivity index is 2.23. The van der Waals surface area contributed by atoms with Crippen molar-refractivity contribution in [3.8, 4) is 5.75 Å². The molecule has 1 saturated heterocycles. The number of piperidine rings is 1. The third-order valence-electron chi connectivity index (χ3n) is 3.26. The summed E-state index contributed by atoms with van der Waals surface area (Å²) in [7, 11) is 0. The number of hydrogen-bond donors (Lipinski definition) is 2. The van der Waals surface area contributed by atoms with E-state index in [0.29, 0.717) is 16.7 Å². The van der Waals surface area contributed by atoms with Crippen molar-refractivity contribution in [3.63, 3.8) is 0 Å². The Bertz CT molecular complexity index is 451. The molecule has 0 spiro atoms. The average molecular weight is 269 g/mol. The van der Waals surface area contributed by atoms with E-state index >= 15 is 0 Å². The molecule has 5 heteroatoms. The fourth-order valence-corrected chi connectivity index (χ4v) is 2.38. The van der Waals surface area contributed by atoms with Gasteiger partial charge in [0.25, 0.3) is 5.91 Å². The average Bonchev–Trinajstić information content (AvgIpc) is 2.31. The van der Waals surface area contributed by atoms with Gasteiger partial charge in [0, 0.05) is 6.54 Å². The van der Waals surface area contributed by atoms with E-state index in [2.05, 4.69) is 12.2 Å². The molecule has 1 aromatic carbocycles. The number of hydrogen-bond acceptors (Lipinski definition) is 3. The number of primary amides is 1. The van der Waals surface area contributed by atoms with Crippen molar-refractivity contribution in [1.82, 2.24) is 5.32 Å². The molecule has 2 rings (SSSR count). The van der Waals surface area contributed by atoms with Crippen LogP contribution in [0.4, 0.5) is 0 Å². The van der Waals surface area contributed by atoms with E-state index in [-0.39, 0.29) is 11.7 Å². The maximum absolute atomic E-state index is 11.4. The van der Waals surface area contributed by atoms with Gasteiger partial charge in [-0.05, 0) is 31.0 Å². The molecule has 0 radical (unpaired) electrons. The normalized spacial score (nSPS) is 23.7. The van der Waals surface area contributed by atoms with Crippen LogP contribution in [0.3, 0.4) is 0 Å². The second kappa shape index (κ2) is 5.59. The zero-order valence-electron chi connectivity index (χ0n) is 10.3. The Labute approximate surface area is 111 Å². The summed E-state index contributed by atoms with van der Waals surface area (Å²) in [5.41, 5.74) is 5.60. The fourth-order valence-electron chi connectivity index (χ4n) is 2.12. The standard InChI is InChI=1S/C13H17ClN2O2/c1-8-5-6-16-7-11(8)18-10-4-2-3-9(14)12(10)13(15)17/h2-4,8,11,16H,5-7H2,1H3,(H2,15,17). The smallest absolute Gasteiger partial charge is 0.253 e. The van der Waals surface area contributed by atoms with Gasteiger partial charge in [0.1, 0.15) is 11.9 Å². The fraction of sp³-hybridized carbons (Fsp3) is 0.462. The molecule has 1 aromatic rings. The van der Waals surface area contributed by atoms with Crippen LogP contribution in [0.25, 0.3) is 0 Å². The number of carbonyl (C=O) groups is 1. The van der Waals surface area contributed by atoms with Crippen molar-refractivity contribution in [2.24, 2.45) is 11.7 Å². The highest BCUT2D eigenvalue weighted by atomic mass is 35.5. The quantitative estimate of drug-likeness (QED) is 0.879. The molecule has 98 valence electrons. The summed E-state index contributed by atoms with van der Waals surface area (Å²) in [6.45, 7) is 3.91. The highest BCUT2D eigenvalue weighted by Crippen LogP contribution is 2.28. The lowest BCUT2D eigenvalue weighted by Crippen LogP contribution is -2.43. The highest BCUT2D eigenvalue weighted by Gasteiger charge is 2.24. The van der Waals surface area contributed by atoms with Gasteiger partial charge in [-0.25, -0.2) is 0 Å². The van der Waals surface area contributed by atoms with Gasteiger partial charge >= 0.3 is 0 Å². The summed E-state index contributed by atoms with van der Waals surface area (Å²) >= 11 is 5.98. The molecule has 2 unspecified atom stereocenters. The Hall–Kier alpha value is -1.26. The van der Waals surface area contributed by atoms with E-state index in [4.69, 9.17) is 22.1 Å². The molecule has 3 N–H and O–H groups in total. The van der Waals surface area contributed by atoms with Crippen molar-refractivity contribution in [2.75, 3.05) is 13.1 Å². The van der Waals surface area contributed by atoms with Crippen LogP contribution >= 0.6 is 11.6 Å². The van der Waals surface area contributed by atoms with E-state index in [1.165, 1.54) is 0 Å². The number of halogens is 1. The summed E-state index contributed by atoms with van der Waals surface area (Å²) in [5.74, 6) is 0.341. The SMILES string of the molecule is CC1CCNCC1Oc1cccc(Cl)c1C(N)=O. The van der Waals surface area contributed by atoms with Crippen LogP contribution in [0, 0.1) is 5.92 Å². The maximum atomic E-state index is 11.4. The zero-order valence-corrected chi connectivity index (χ0v) is 11.0. The van der Waals surface area contributed by atoms with Gasteiger partial charge in [-0.15, -0.1) is 0 Å². The molecule has 1 aliphatic heterocycles. The Morgan fingerprint density at radius 3 is 3.00 bits per heavy atom. The topological polar surface area (TPSA) is 64.3 Å². The Morgan fingerprint density at radius 2 is 2.33 bits per heavy atom. The number of benzene rings is 1. The van der Waals surface area contributed by atoms with Crippen LogP contribution in [0.15, 0.2) is 18.2 Å². The number of nitrogens with one attached hydrogen (secondary N) is 1. The van der Waals surface area contributed by atoms with Gasteiger partial charge in [-0.3, -0.25) is 4.79 Å². The van der Waals surface area contributed by atoms with E-state index in [9.17, 15) is 4.79 Å². The van der Waals surface area contributed by atoms with Crippen molar-refractivity contribution in [1.29, 1.82) is 0 Å². The summed E-state index contributed by atoms with van der Waals surface area (Å²) in [4.78, 5) is 11.4. The minimum absolute atomic E-state index is 0.0373. The summed E-state index contributed by atoms with van der Waals surface area (Å²) in [6.07, 6.45) is 1.09. The molecule has 4 nitrogen and oxygen atoms in total. The lowest BCUT2D eigenvalue weighted by atomic mass is 9.97. The number of amides is 1. The molecule has 1 fully saturated rings. The highest BCUT2D eigenvalue weighted by molar-refractivity contribution is 6.34. The molecule has 1 aliphatic rings. The van der Waals surface area contributed by atoms with Gasteiger partial charge < -0.3 is 15.8 Å². The first-order chi connectivity index (χ1) is 8.59. The minimum Gasteiger partial charge on any atom is -0.488 e. The molecular formula is C13H17ClN2O2. The molecule has 0 aromatic heterocycles. The van der Waals surface area contributed by atoms with Gasteiger partial charge in [-0.2, -0.15) is 0 Å². The third-order valence-corrected chi connectivity index (χ3v) is 3.57. The zero-order chi connectivity index (χ0) is 13.1. The number of ether oxygens (including phenoxy) is 1. The van der Waals surface area contributed by atoms with E-state index < -0.39 is 5.91 Å². The molecule has 0 bridgehead atoms. The van der Waals surface area contributed by atoms with Crippen LogP contribution in [0.1, 0.15) is 23.7 Å². The van der Waals surface area contributed by atoms with Crippen molar-refractivity contribution >= 4 is 17.5 Å². The minimum atomic E-state index is -0.563. The molecule has 2 atom stereocenters. The Morgan fingerprint density at radius 1 is 1.56 bits per heavy atom. The first-order valence-corrected chi connectivity index (χ1v) is 6.43. The van der Waals surface area contributed by atoms with Crippen LogP contribution in [0.5, 0.6) is 5.75 Å². The van der Waals surface area contributed by atoms with Gasteiger partial charge in [-0.1, -0.05) is 24.6 Å². The van der Waals surface area contributed by atoms with Crippen molar-refractivity contribution in [2.45, 2.75) is 19.4 Å². The summed E-state index contributed by atoms with van der Waals surface area (Å²) < 4.78 is 5.89. The molecule has 0 saturated carbocycles. The summed E-state index contributed by atoms with van der Waals surface area (Å²) in [5, 5.41) is 3.60. The number of carbonyl (C=O) groups excluding carboxylic acids is 1. The predicted octanol–water partition coefficient (Wildman–Crippen LogP) is 1.82. The van der Waals surface area contributed by atoms with E-state index in [0.717, 1.165) is 19.5 Å². The lowest BCUT2D eigenvalue weighted by Gasteiger charge is -2.30. The van der Waals surface area contributed by atoms with Crippen molar-refractivity contribution in [3.05, 3.63) is 28.8 Å². The lowest BCUT2D eigenvalue weighted by molar-refractivity contribution is 0.0966. The molecule has 1 amide bonds. The predicted molar refractivity (Wildman–Crippen MR) is 71.0 cm³/mol. The number of nitrogens with two attached hydrogens (primary N) is 1. The first kappa shape index (κ1) is 13.2. The van der Waals surface area contributed by atoms with E-state index in [1.54, 1.807) is 18.2 Å². The molecule has 1 heterocycles. The molecular weight excluding hydrogens is 252 g/mol. The molecule has 18 heavy (non-hydrogen) atoms. The van der Waals surface area contributed by atoms with Crippen LogP contribution in [0.2, 0.25) is 5.02 Å². The van der Waals surface area contributed by atoms with Gasteiger partial charge in [0.2, 0.25) is 0 Å². The molecule has 0 aliphatic carbocycles. The second-order valence-electron chi connectivity index (χ2n) is 4.60. The second-order valence-corrected chi connectivity index (χ2v) is 5.01. The van der Waals surface area contributed by atoms with Crippen molar-refractivity contribution < 1.29 is 9.53 Å². The monoisotopic (exact) mass is 268 g/mol. The number of rotatable bonds is 3. The largest absolute Gasteiger partial charge is 0.488 e. The van der Waals surface area contributed by atoms with Crippen LogP contribution in [-0.2, 0) is 0 Å². The Kier molecular flexibility index (Phi) is 4.09. The first-order valence-electron chi connectivity index (χ1n) is 6.05.